The van der Waals surface area contributed by atoms with E-state index in [0.29, 0.717) is 12.5 Å². The summed E-state index contributed by atoms with van der Waals surface area (Å²) in [6.07, 6.45) is 5.87. The molecule has 2 amide bonds. The third-order valence-corrected chi connectivity index (χ3v) is 8.19. The normalized spacial score (nSPS) is 23.1. The molecule has 2 heterocycles. The van der Waals surface area contributed by atoms with Crippen molar-refractivity contribution in [3.8, 4) is 0 Å². The van der Waals surface area contributed by atoms with Crippen molar-refractivity contribution in [1.82, 2.24) is 14.8 Å². The van der Waals surface area contributed by atoms with Crippen molar-refractivity contribution >= 4 is 22.7 Å². The van der Waals surface area contributed by atoms with E-state index in [-0.39, 0.29) is 11.8 Å². The molecule has 1 aliphatic carbocycles. The Morgan fingerprint density at radius 1 is 1.00 bits per heavy atom. The van der Waals surface area contributed by atoms with Crippen LogP contribution in [-0.2, 0) is 22.1 Å². The maximum atomic E-state index is 14.8. The highest BCUT2D eigenvalue weighted by Gasteiger charge is 2.53. The van der Waals surface area contributed by atoms with Gasteiger partial charge in [-0.15, -0.1) is 0 Å². The Bertz CT molecular complexity index is 1280. The van der Waals surface area contributed by atoms with E-state index in [1.165, 1.54) is 19.3 Å². The molecule has 0 bridgehead atoms. The van der Waals surface area contributed by atoms with Gasteiger partial charge in [0.15, 0.2) is 6.04 Å². The molecule has 0 unspecified atom stereocenters. The smallest absolute Gasteiger partial charge is 0.249 e. The molecule has 5 heteroatoms. The first-order chi connectivity index (χ1) is 17.1. The zero-order chi connectivity index (χ0) is 25.7. The highest BCUT2D eigenvalue weighted by molar-refractivity contribution is 6.05. The third kappa shape index (κ3) is 4.03. The van der Waals surface area contributed by atoms with Gasteiger partial charge >= 0.3 is 0 Å². The van der Waals surface area contributed by atoms with Gasteiger partial charge in [-0.05, 0) is 58.1 Å². The molecule has 190 valence electrons. The minimum atomic E-state index is -0.884. The van der Waals surface area contributed by atoms with Crippen LogP contribution < -0.4 is 5.32 Å². The summed E-state index contributed by atoms with van der Waals surface area (Å²) in [6.45, 7) is 8.67. The number of carbonyl (C=O) groups excluding carboxylic acids is 2. The minimum absolute atomic E-state index is 0.0252. The molecular formula is C31H39N3O2. The maximum Gasteiger partial charge on any atom is 0.249 e. The molecule has 0 spiro atoms. The SMILES string of the molecule is Cn1c2c(c3ccccc31)[C@@](C)(c1ccccc1)C(=O)N(CC1CCCCC1)[C@@H]2C(=O)NC(C)(C)C. The number of rotatable bonds is 4. The molecule has 1 aromatic heterocycles. The number of nitrogens with zero attached hydrogens (tertiary/aromatic N) is 2. The van der Waals surface area contributed by atoms with Crippen LogP contribution >= 0.6 is 0 Å². The van der Waals surface area contributed by atoms with Crippen molar-refractivity contribution in [3.05, 3.63) is 71.4 Å². The highest BCUT2D eigenvalue weighted by atomic mass is 16.2. The summed E-state index contributed by atoms with van der Waals surface area (Å²) >= 11 is 0. The lowest BCUT2D eigenvalue weighted by Crippen LogP contribution is -2.58. The van der Waals surface area contributed by atoms with Crippen molar-refractivity contribution in [2.45, 2.75) is 76.8 Å². The number of aromatic nitrogens is 1. The van der Waals surface area contributed by atoms with E-state index in [4.69, 9.17) is 0 Å². The number of hydrogen-bond donors (Lipinski definition) is 1. The molecule has 1 saturated carbocycles. The summed E-state index contributed by atoms with van der Waals surface area (Å²) in [5.74, 6) is 0.343. The Morgan fingerprint density at radius 2 is 1.64 bits per heavy atom. The molecule has 2 aromatic carbocycles. The summed E-state index contributed by atoms with van der Waals surface area (Å²) in [4.78, 5) is 30.7. The van der Waals surface area contributed by atoms with Crippen LogP contribution in [0.3, 0.4) is 0 Å². The highest BCUT2D eigenvalue weighted by Crippen LogP contribution is 2.49. The lowest BCUT2D eigenvalue weighted by atomic mass is 9.69. The van der Waals surface area contributed by atoms with Crippen molar-refractivity contribution in [2.24, 2.45) is 13.0 Å². The fourth-order valence-corrected chi connectivity index (χ4v) is 6.50. The summed E-state index contributed by atoms with van der Waals surface area (Å²) < 4.78 is 2.15. The van der Waals surface area contributed by atoms with Crippen molar-refractivity contribution in [2.75, 3.05) is 6.54 Å². The Morgan fingerprint density at radius 3 is 2.31 bits per heavy atom. The van der Waals surface area contributed by atoms with Crippen LogP contribution in [0.5, 0.6) is 0 Å². The van der Waals surface area contributed by atoms with Gasteiger partial charge in [0.2, 0.25) is 11.8 Å². The number of benzene rings is 2. The standard InChI is InChI=1S/C31H39N3O2/c1-30(2,3)32-28(35)27-26-25(23-18-12-13-19-24(23)33(26)5)31(4,22-16-10-7-11-17-22)29(36)34(27)20-21-14-8-6-9-15-21/h7,10-13,16-19,21,27H,6,8-9,14-15,20H2,1-5H3,(H,32,35)/t27-,31+/m0/s1. The van der Waals surface area contributed by atoms with Gasteiger partial charge in [0.25, 0.3) is 0 Å². The number of hydrogen-bond acceptors (Lipinski definition) is 2. The minimum Gasteiger partial charge on any atom is -0.349 e. The van der Waals surface area contributed by atoms with Crippen LogP contribution in [0.15, 0.2) is 54.6 Å². The van der Waals surface area contributed by atoms with E-state index < -0.39 is 17.0 Å². The van der Waals surface area contributed by atoms with Crippen LogP contribution in [0.1, 0.15) is 82.7 Å². The Balaban J connectivity index is 1.77. The van der Waals surface area contributed by atoms with Gasteiger partial charge in [0.05, 0.1) is 11.1 Å². The van der Waals surface area contributed by atoms with E-state index >= 15 is 0 Å². The van der Waals surface area contributed by atoms with Crippen molar-refractivity contribution < 1.29 is 9.59 Å². The van der Waals surface area contributed by atoms with E-state index in [0.717, 1.165) is 40.6 Å². The molecule has 0 radical (unpaired) electrons. The van der Waals surface area contributed by atoms with Crippen molar-refractivity contribution in [1.29, 1.82) is 0 Å². The first-order valence-corrected chi connectivity index (χ1v) is 13.4. The summed E-state index contributed by atoms with van der Waals surface area (Å²) in [5, 5.41) is 4.25. The Labute approximate surface area is 214 Å². The summed E-state index contributed by atoms with van der Waals surface area (Å²) in [6, 6.07) is 17.7. The van der Waals surface area contributed by atoms with Gasteiger partial charge in [0, 0.05) is 35.6 Å². The Hall–Kier alpha value is -3.08. The van der Waals surface area contributed by atoms with E-state index in [9.17, 15) is 9.59 Å². The number of fused-ring (bicyclic) bond motifs is 3. The van der Waals surface area contributed by atoms with Gasteiger partial charge in [-0.25, -0.2) is 0 Å². The lowest BCUT2D eigenvalue weighted by molar-refractivity contribution is -0.147. The van der Waals surface area contributed by atoms with Crippen molar-refractivity contribution in [3.63, 3.8) is 0 Å². The lowest BCUT2D eigenvalue weighted by Gasteiger charge is -2.46. The number of para-hydroxylation sites is 1. The predicted molar refractivity (Wildman–Crippen MR) is 145 cm³/mol. The molecule has 2 aliphatic rings. The van der Waals surface area contributed by atoms with Gasteiger partial charge < -0.3 is 14.8 Å². The second-order valence-electron chi connectivity index (χ2n) is 11.9. The fraction of sp³-hybridized carbons (Fsp3) is 0.484. The van der Waals surface area contributed by atoms with Gasteiger partial charge in [-0.3, -0.25) is 9.59 Å². The van der Waals surface area contributed by atoms with Gasteiger partial charge in [-0.1, -0.05) is 67.8 Å². The van der Waals surface area contributed by atoms with E-state index in [2.05, 4.69) is 41.1 Å². The molecule has 1 fully saturated rings. The molecule has 5 rings (SSSR count). The molecule has 1 aliphatic heterocycles. The zero-order valence-corrected chi connectivity index (χ0v) is 22.3. The van der Waals surface area contributed by atoms with E-state index in [1.54, 1.807) is 0 Å². The zero-order valence-electron chi connectivity index (χ0n) is 22.3. The first kappa shape index (κ1) is 24.6. The average Bonchev–Trinajstić information content (AvgIpc) is 3.15. The predicted octanol–water partition coefficient (Wildman–Crippen LogP) is 5.86. The Kier molecular flexibility index (Phi) is 6.22. The monoisotopic (exact) mass is 485 g/mol. The molecule has 0 saturated heterocycles. The van der Waals surface area contributed by atoms with Crippen LogP contribution in [0.2, 0.25) is 0 Å². The number of amides is 2. The second-order valence-corrected chi connectivity index (χ2v) is 11.9. The molecule has 2 atom stereocenters. The van der Waals surface area contributed by atoms with E-state index in [1.807, 2.05) is 63.1 Å². The molecule has 1 N–H and O–H groups in total. The van der Waals surface area contributed by atoms with Crippen LogP contribution in [-0.4, -0.2) is 33.4 Å². The topological polar surface area (TPSA) is 54.3 Å². The number of aryl methyl sites for hydroxylation is 1. The third-order valence-electron chi connectivity index (χ3n) is 8.19. The summed E-state index contributed by atoms with van der Waals surface area (Å²) in [5.41, 5.74) is 2.62. The second kappa shape index (κ2) is 9.10. The quantitative estimate of drug-likeness (QED) is 0.503. The largest absolute Gasteiger partial charge is 0.349 e. The molecule has 36 heavy (non-hydrogen) atoms. The van der Waals surface area contributed by atoms with Crippen LogP contribution in [0, 0.1) is 5.92 Å². The average molecular weight is 486 g/mol. The number of carbonyl (C=O) groups is 2. The van der Waals surface area contributed by atoms with Gasteiger partial charge in [0.1, 0.15) is 0 Å². The summed E-state index contributed by atoms with van der Waals surface area (Å²) in [7, 11) is 2.04. The molecule has 3 aromatic rings. The first-order valence-electron chi connectivity index (χ1n) is 13.4. The maximum absolute atomic E-state index is 14.8. The fourth-order valence-electron chi connectivity index (χ4n) is 6.50. The van der Waals surface area contributed by atoms with Crippen LogP contribution in [0.4, 0.5) is 0 Å². The molecular weight excluding hydrogens is 446 g/mol. The van der Waals surface area contributed by atoms with Crippen LogP contribution in [0.25, 0.3) is 10.9 Å². The number of nitrogens with one attached hydrogen (secondary N) is 1. The van der Waals surface area contributed by atoms with Gasteiger partial charge in [-0.2, -0.15) is 0 Å². The molecule has 5 nitrogen and oxygen atoms in total.